The molecule has 24 heavy (non-hydrogen) atoms. The number of piperidine rings is 1. The Bertz CT molecular complexity index is 872. The van der Waals surface area contributed by atoms with Gasteiger partial charge < -0.3 is 10.0 Å². The van der Waals surface area contributed by atoms with Crippen LogP contribution in [-0.4, -0.2) is 51.2 Å². The summed E-state index contributed by atoms with van der Waals surface area (Å²) < 4.78 is 14.6. The van der Waals surface area contributed by atoms with E-state index in [9.17, 15) is 14.3 Å². The third-order valence-electron chi connectivity index (χ3n) is 4.49. The number of hydrogen-bond donors (Lipinski definition) is 1. The first-order chi connectivity index (χ1) is 11.4. The third kappa shape index (κ3) is 2.31. The van der Waals surface area contributed by atoms with Crippen LogP contribution in [0.1, 0.15) is 6.42 Å². The summed E-state index contributed by atoms with van der Waals surface area (Å²) in [5.41, 5.74) is 0.0793. The standard InChI is InChI=1S/C14H10BrCl2FN4O2/c15-9-8(16)2-7-11(10(9)18)19-13(17)20-12(7)21-3-5-1-6(4-21)22(5)14(23)24/h2,5-6H,1,3-4H2,(H,23,24). The smallest absolute Gasteiger partial charge is 0.407 e. The van der Waals surface area contributed by atoms with Crippen LogP contribution in [0.4, 0.5) is 15.0 Å². The zero-order chi connectivity index (χ0) is 17.2. The van der Waals surface area contributed by atoms with Gasteiger partial charge in [-0.05, 0) is 40.0 Å². The van der Waals surface area contributed by atoms with Crippen molar-refractivity contribution in [2.45, 2.75) is 18.5 Å². The zero-order valence-electron chi connectivity index (χ0n) is 12.0. The number of rotatable bonds is 1. The van der Waals surface area contributed by atoms with Gasteiger partial charge in [-0.1, -0.05) is 11.6 Å². The van der Waals surface area contributed by atoms with Crippen LogP contribution in [0.5, 0.6) is 0 Å². The van der Waals surface area contributed by atoms with Gasteiger partial charge >= 0.3 is 6.09 Å². The summed E-state index contributed by atoms with van der Waals surface area (Å²) in [6, 6.07) is 1.40. The van der Waals surface area contributed by atoms with E-state index in [0.29, 0.717) is 24.3 Å². The van der Waals surface area contributed by atoms with Crippen LogP contribution in [-0.2, 0) is 0 Å². The minimum Gasteiger partial charge on any atom is -0.465 e. The van der Waals surface area contributed by atoms with Gasteiger partial charge in [-0.15, -0.1) is 0 Å². The largest absolute Gasteiger partial charge is 0.465 e. The molecule has 2 unspecified atom stereocenters. The van der Waals surface area contributed by atoms with E-state index >= 15 is 0 Å². The third-order valence-corrected chi connectivity index (χ3v) is 5.96. The zero-order valence-corrected chi connectivity index (χ0v) is 15.1. The molecule has 126 valence electrons. The number of aromatic nitrogens is 2. The lowest BCUT2D eigenvalue weighted by atomic mass is 9.88. The monoisotopic (exact) mass is 434 g/mol. The van der Waals surface area contributed by atoms with Crippen LogP contribution in [0.3, 0.4) is 0 Å². The maximum absolute atomic E-state index is 14.5. The van der Waals surface area contributed by atoms with Crippen LogP contribution >= 0.6 is 39.1 Å². The molecule has 0 spiro atoms. The first-order valence-corrected chi connectivity index (χ1v) is 8.68. The molecule has 1 aromatic carbocycles. The van der Waals surface area contributed by atoms with Crippen molar-refractivity contribution in [1.82, 2.24) is 14.9 Å². The number of halogens is 4. The Morgan fingerprint density at radius 3 is 2.62 bits per heavy atom. The Morgan fingerprint density at radius 2 is 2.00 bits per heavy atom. The molecule has 10 heteroatoms. The number of piperazine rings is 1. The summed E-state index contributed by atoms with van der Waals surface area (Å²) >= 11 is 15.1. The van der Waals surface area contributed by atoms with Crippen molar-refractivity contribution in [1.29, 1.82) is 0 Å². The molecule has 3 saturated heterocycles. The van der Waals surface area contributed by atoms with Crippen LogP contribution in [0.25, 0.3) is 10.9 Å². The first-order valence-electron chi connectivity index (χ1n) is 7.13. The van der Waals surface area contributed by atoms with Crippen molar-refractivity contribution >= 4 is 61.9 Å². The topological polar surface area (TPSA) is 69.6 Å². The maximum Gasteiger partial charge on any atom is 0.407 e. The first kappa shape index (κ1) is 16.1. The highest BCUT2D eigenvalue weighted by Crippen LogP contribution is 2.39. The lowest BCUT2D eigenvalue weighted by Crippen LogP contribution is -2.70. The Balaban J connectivity index is 1.79. The van der Waals surface area contributed by atoms with Gasteiger partial charge in [0.1, 0.15) is 11.3 Å². The number of amides is 1. The quantitative estimate of drug-likeness (QED) is 0.545. The predicted molar refractivity (Wildman–Crippen MR) is 91.5 cm³/mol. The second kappa shape index (κ2) is 5.57. The fourth-order valence-electron chi connectivity index (χ4n) is 3.47. The molecule has 0 aliphatic carbocycles. The maximum atomic E-state index is 14.5. The Morgan fingerprint density at radius 1 is 1.33 bits per heavy atom. The molecule has 4 heterocycles. The molecular weight excluding hydrogens is 426 g/mol. The summed E-state index contributed by atoms with van der Waals surface area (Å²) in [5, 5.41) is 9.80. The molecule has 0 radical (unpaired) electrons. The van der Waals surface area contributed by atoms with Crippen LogP contribution in [0.2, 0.25) is 10.3 Å². The molecule has 3 aliphatic heterocycles. The van der Waals surface area contributed by atoms with Crippen molar-refractivity contribution in [3.05, 3.63) is 26.7 Å². The minimum atomic E-state index is -0.917. The number of anilines is 1. The average molecular weight is 436 g/mol. The van der Waals surface area contributed by atoms with Gasteiger partial charge in [0, 0.05) is 18.5 Å². The van der Waals surface area contributed by atoms with E-state index in [1.54, 1.807) is 6.07 Å². The fraction of sp³-hybridized carbons (Fsp3) is 0.357. The molecule has 2 bridgehead atoms. The second-order valence-electron chi connectivity index (χ2n) is 5.84. The predicted octanol–water partition coefficient (Wildman–Crippen LogP) is 3.78. The molecule has 0 saturated carbocycles. The van der Waals surface area contributed by atoms with Crippen molar-refractivity contribution in [2.24, 2.45) is 0 Å². The normalized spacial score (nSPS) is 22.7. The number of carboxylic acid groups (broad SMARTS) is 1. The molecule has 1 aromatic heterocycles. The lowest BCUT2D eigenvalue weighted by molar-refractivity contribution is 0.0113. The lowest BCUT2D eigenvalue weighted by Gasteiger charge is -2.55. The molecule has 1 amide bonds. The number of benzene rings is 1. The molecule has 5 rings (SSSR count). The van der Waals surface area contributed by atoms with Gasteiger partial charge in [-0.2, -0.15) is 4.98 Å². The van der Waals surface area contributed by atoms with E-state index in [-0.39, 0.29) is 32.4 Å². The van der Waals surface area contributed by atoms with E-state index in [0.717, 1.165) is 6.42 Å². The van der Waals surface area contributed by atoms with Gasteiger partial charge in [0.25, 0.3) is 0 Å². The van der Waals surface area contributed by atoms with Gasteiger partial charge in [-0.25, -0.2) is 14.2 Å². The molecule has 3 aliphatic rings. The van der Waals surface area contributed by atoms with Crippen LogP contribution in [0, 0.1) is 5.82 Å². The fourth-order valence-corrected chi connectivity index (χ4v) is 4.13. The van der Waals surface area contributed by atoms with Crippen molar-refractivity contribution in [3.63, 3.8) is 0 Å². The summed E-state index contributed by atoms with van der Waals surface area (Å²) in [7, 11) is 0. The van der Waals surface area contributed by atoms with E-state index in [1.807, 2.05) is 4.90 Å². The summed E-state index contributed by atoms with van der Waals surface area (Å²) in [6.07, 6.45) is -0.0975. The Labute approximate surface area is 154 Å². The minimum absolute atomic E-state index is 0.0695. The van der Waals surface area contributed by atoms with Crippen molar-refractivity contribution < 1.29 is 14.3 Å². The highest BCUT2D eigenvalue weighted by atomic mass is 79.9. The van der Waals surface area contributed by atoms with E-state index in [1.165, 1.54) is 4.90 Å². The van der Waals surface area contributed by atoms with Gasteiger partial charge in [0.05, 0.1) is 21.6 Å². The van der Waals surface area contributed by atoms with E-state index in [2.05, 4.69) is 25.9 Å². The summed E-state index contributed by atoms with van der Waals surface area (Å²) in [5.74, 6) is -0.129. The highest BCUT2D eigenvalue weighted by Gasteiger charge is 2.48. The number of fused-ring (bicyclic) bond motifs is 3. The van der Waals surface area contributed by atoms with Crippen LogP contribution < -0.4 is 4.90 Å². The van der Waals surface area contributed by atoms with Gasteiger partial charge in [-0.3, -0.25) is 4.90 Å². The Hall–Kier alpha value is -1.38. The molecule has 3 fully saturated rings. The number of carbonyl (C=O) groups is 1. The van der Waals surface area contributed by atoms with Gasteiger partial charge in [0.2, 0.25) is 5.28 Å². The molecule has 2 aromatic rings. The molecule has 6 nitrogen and oxygen atoms in total. The highest BCUT2D eigenvalue weighted by molar-refractivity contribution is 9.10. The van der Waals surface area contributed by atoms with Gasteiger partial charge in [0.15, 0.2) is 5.82 Å². The molecular formula is C14H10BrCl2FN4O2. The Kier molecular flexibility index (Phi) is 3.74. The summed E-state index contributed by atoms with van der Waals surface area (Å²) in [6.45, 7) is 0.946. The average Bonchev–Trinajstić information content (AvgIpc) is 2.52. The van der Waals surface area contributed by atoms with Crippen LogP contribution in [0.15, 0.2) is 10.5 Å². The van der Waals surface area contributed by atoms with E-state index in [4.69, 9.17) is 23.2 Å². The summed E-state index contributed by atoms with van der Waals surface area (Å²) in [4.78, 5) is 22.8. The molecule has 1 N–H and O–H groups in total. The number of nitrogens with zero attached hydrogens (tertiary/aromatic N) is 4. The number of hydrogen-bond acceptors (Lipinski definition) is 4. The second-order valence-corrected chi connectivity index (χ2v) is 7.38. The molecule has 2 atom stereocenters. The van der Waals surface area contributed by atoms with Crippen molar-refractivity contribution in [3.8, 4) is 0 Å². The van der Waals surface area contributed by atoms with Crippen molar-refractivity contribution in [2.75, 3.05) is 18.0 Å². The van der Waals surface area contributed by atoms with E-state index < -0.39 is 11.9 Å². The SMILES string of the molecule is O=C(O)N1C2CC1CN(c1nc(Cl)nc3c(F)c(Br)c(Cl)cc13)C2.